The first-order valence-corrected chi connectivity index (χ1v) is 8.56. The highest BCUT2D eigenvalue weighted by molar-refractivity contribution is 6.30. The maximum atomic E-state index is 12.2. The number of ether oxygens (including phenoxy) is 2. The molecule has 0 spiro atoms. The number of hydrogen-bond acceptors (Lipinski definition) is 4. The smallest absolute Gasteiger partial charge is 0.407 e. The molecular formula is C19H19ClN2O4. The lowest BCUT2D eigenvalue weighted by Crippen LogP contribution is -2.28. The Labute approximate surface area is 156 Å². The van der Waals surface area contributed by atoms with E-state index in [4.69, 9.17) is 21.1 Å². The summed E-state index contributed by atoms with van der Waals surface area (Å²) in [6.45, 7) is 0.335. The predicted octanol–water partition coefficient (Wildman–Crippen LogP) is 3.18. The minimum Gasteiger partial charge on any atom is -0.496 e. The molecule has 1 aliphatic heterocycles. The summed E-state index contributed by atoms with van der Waals surface area (Å²) < 4.78 is 10.3. The molecule has 0 radical (unpaired) electrons. The van der Waals surface area contributed by atoms with E-state index in [9.17, 15) is 9.59 Å². The van der Waals surface area contributed by atoms with Crippen molar-refractivity contribution in [1.29, 1.82) is 0 Å². The zero-order valence-electron chi connectivity index (χ0n) is 14.3. The van der Waals surface area contributed by atoms with Crippen LogP contribution in [-0.4, -0.2) is 31.8 Å². The molecule has 2 aromatic rings. The van der Waals surface area contributed by atoms with E-state index in [2.05, 4.69) is 10.6 Å². The molecule has 1 aliphatic rings. The molecule has 0 aliphatic carbocycles. The number of alkyl carbamates (subject to hydrolysis) is 1. The van der Waals surface area contributed by atoms with E-state index in [1.54, 1.807) is 25.3 Å². The van der Waals surface area contributed by atoms with Crippen LogP contribution in [0.3, 0.4) is 0 Å². The molecule has 0 saturated carbocycles. The van der Waals surface area contributed by atoms with Gasteiger partial charge in [-0.25, -0.2) is 4.79 Å². The largest absolute Gasteiger partial charge is 0.496 e. The molecule has 0 aromatic heterocycles. The van der Waals surface area contributed by atoms with Gasteiger partial charge in [-0.05, 0) is 35.7 Å². The van der Waals surface area contributed by atoms with Gasteiger partial charge >= 0.3 is 6.09 Å². The molecule has 0 unspecified atom stereocenters. The summed E-state index contributed by atoms with van der Waals surface area (Å²) >= 11 is 5.85. The molecule has 136 valence electrons. The van der Waals surface area contributed by atoms with Gasteiger partial charge in [0.15, 0.2) is 0 Å². The number of anilines is 1. The van der Waals surface area contributed by atoms with Crippen LogP contribution < -0.4 is 15.4 Å². The summed E-state index contributed by atoms with van der Waals surface area (Å²) in [5.74, 6) is 0.522. The number of halogens is 1. The Bertz CT molecular complexity index is 808. The first-order chi connectivity index (χ1) is 12.5. The summed E-state index contributed by atoms with van der Waals surface area (Å²) in [4.78, 5) is 23.3. The van der Waals surface area contributed by atoms with Crippen LogP contribution in [0.1, 0.15) is 11.1 Å². The van der Waals surface area contributed by atoms with Crippen LogP contribution in [0.2, 0.25) is 5.02 Å². The highest BCUT2D eigenvalue weighted by atomic mass is 35.5. The van der Waals surface area contributed by atoms with Gasteiger partial charge < -0.3 is 20.1 Å². The van der Waals surface area contributed by atoms with Crippen LogP contribution in [0.5, 0.6) is 5.75 Å². The lowest BCUT2D eigenvalue weighted by molar-refractivity contribution is -0.115. The minimum absolute atomic E-state index is 0.0817. The Balaban J connectivity index is 1.63. The average Bonchev–Trinajstić information content (AvgIpc) is 3.03. The van der Waals surface area contributed by atoms with Gasteiger partial charge in [0, 0.05) is 16.8 Å². The number of nitrogens with one attached hydrogen (secondary N) is 2. The van der Waals surface area contributed by atoms with E-state index in [-0.39, 0.29) is 18.4 Å². The van der Waals surface area contributed by atoms with Gasteiger partial charge in [-0.1, -0.05) is 29.8 Å². The number of cyclic esters (lactones) is 1. The van der Waals surface area contributed by atoms with Crippen LogP contribution in [0.25, 0.3) is 0 Å². The number of rotatable bonds is 6. The second-order valence-corrected chi connectivity index (χ2v) is 6.46. The molecule has 7 heteroatoms. The SMILES string of the molecule is COc1cc(NC(=O)Cc2ccc(Cl)cc2)ccc1C[C@H]1COC(=O)N1. The molecule has 1 fully saturated rings. The van der Waals surface area contributed by atoms with E-state index in [0.29, 0.717) is 29.5 Å². The van der Waals surface area contributed by atoms with Crippen LogP contribution in [0.4, 0.5) is 10.5 Å². The van der Waals surface area contributed by atoms with Crippen molar-refractivity contribution < 1.29 is 19.1 Å². The van der Waals surface area contributed by atoms with Crippen molar-refractivity contribution in [2.24, 2.45) is 0 Å². The van der Waals surface area contributed by atoms with Gasteiger partial charge in [-0.3, -0.25) is 4.79 Å². The third kappa shape index (κ3) is 4.67. The first-order valence-electron chi connectivity index (χ1n) is 8.18. The van der Waals surface area contributed by atoms with Crippen molar-refractivity contribution in [2.45, 2.75) is 18.9 Å². The van der Waals surface area contributed by atoms with Gasteiger partial charge in [0.1, 0.15) is 12.4 Å². The van der Waals surface area contributed by atoms with Crippen LogP contribution in [0, 0.1) is 0 Å². The van der Waals surface area contributed by atoms with E-state index in [0.717, 1.165) is 11.1 Å². The standard InChI is InChI=1S/C19H19ClN2O4/c1-25-17-10-15(7-4-13(17)9-16-11-26-19(24)22-16)21-18(23)8-12-2-5-14(20)6-3-12/h2-7,10,16H,8-9,11H2,1H3,(H,21,23)(H,22,24)/t16-/m0/s1. The second kappa shape index (κ2) is 8.10. The van der Waals surface area contributed by atoms with Gasteiger partial charge in [0.05, 0.1) is 19.6 Å². The minimum atomic E-state index is -0.403. The molecule has 1 atom stereocenters. The van der Waals surface area contributed by atoms with Crippen molar-refractivity contribution >= 4 is 29.3 Å². The third-order valence-corrected chi connectivity index (χ3v) is 4.30. The quantitative estimate of drug-likeness (QED) is 0.814. The van der Waals surface area contributed by atoms with E-state index < -0.39 is 6.09 Å². The van der Waals surface area contributed by atoms with Crippen molar-refractivity contribution in [2.75, 3.05) is 19.0 Å². The number of methoxy groups -OCH3 is 1. The fourth-order valence-corrected chi connectivity index (χ4v) is 2.91. The van der Waals surface area contributed by atoms with Gasteiger partial charge in [0.2, 0.25) is 5.91 Å². The molecule has 3 rings (SSSR count). The van der Waals surface area contributed by atoms with Crippen LogP contribution in [0.15, 0.2) is 42.5 Å². The first kappa shape index (κ1) is 18.1. The maximum absolute atomic E-state index is 12.2. The number of carbonyl (C=O) groups is 2. The van der Waals surface area contributed by atoms with Crippen molar-refractivity contribution in [1.82, 2.24) is 5.32 Å². The molecule has 26 heavy (non-hydrogen) atoms. The Morgan fingerprint density at radius 1 is 1.31 bits per heavy atom. The fourth-order valence-electron chi connectivity index (χ4n) is 2.79. The van der Waals surface area contributed by atoms with Gasteiger partial charge in [-0.15, -0.1) is 0 Å². The van der Waals surface area contributed by atoms with E-state index in [1.807, 2.05) is 24.3 Å². The number of hydrogen-bond donors (Lipinski definition) is 2. The molecule has 0 bridgehead atoms. The molecule has 1 saturated heterocycles. The summed E-state index contributed by atoms with van der Waals surface area (Å²) in [6, 6.07) is 12.5. The maximum Gasteiger partial charge on any atom is 0.407 e. The second-order valence-electron chi connectivity index (χ2n) is 6.02. The van der Waals surface area contributed by atoms with E-state index >= 15 is 0 Å². The van der Waals surface area contributed by atoms with Gasteiger partial charge in [-0.2, -0.15) is 0 Å². The molecule has 1 heterocycles. The normalized spacial score (nSPS) is 15.9. The van der Waals surface area contributed by atoms with Crippen LogP contribution >= 0.6 is 11.6 Å². The van der Waals surface area contributed by atoms with Crippen LogP contribution in [-0.2, 0) is 22.4 Å². The topological polar surface area (TPSA) is 76.7 Å². The number of amides is 2. The Kier molecular flexibility index (Phi) is 5.63. The van der Waals surface area contributed by atoms with E-state index in [1.165, 1.54) is 0 Å². The monoisotopic (exact) mass is 374 g/mol. The zero-order valence-corrected chi connectivity index (χ0v) is 15.0. The van der Waals surface area contributed by atoms with Crippen molar-refractivity contribution in [3.63, 3.8) is 0 Å². The highest BCUT2D eigenvalue weighted by Gasteiger charge is 2.23. The number of carbonyl (C=O) groups excluding carboxylic acids is 2. The predicted molar refractivity (Wildman–Crippen MR) is 98.8 cm³/mol. The van der Waals surface area contributed by atoms with Crippen molar-refractivity contribution in [3.05, 3.63) is 58.6 Å². The average molecular weight is 375 g/mol. The summed E-state index contributed by atoms with van der Waals surface area (Å²) in [6.07, 6.45) is 0.445. The zero-order chi connectivity index (χ0) is 18.5. The summed E-state index contributed by atoms with van der Waals surface area (Å²) in [5, 5.41) is 6.23. The molecule has 2 amide bonds. The van der Waals surface area contributed by atoms with Crippen molar-refractivity contribution in [3.8, 4) is 5.75 Å². The lowest BCUT2D eigenvalue weighted by Gasteiger charge is -2.14. The molecular weight excluding hydrogens is 356 g/mol. The molecule has 2 aromatic carbocycles. The Hall–Kier alpha value is -2.73. The lowest BCUT2D eigenvalue weighted by atomic mass is 10.0. The summed E-state index contributed by atoms with van der Waals surface area (Å²) in [5.41, 5.74) is 2.46. The molecule has 6 nitrogen and oxygen atoms in total. The number of benzene rings is 2. The third-order valence-electron chi connectivity index (χ3n) is 4.05. The Morgan fingerprint density at radius 3 is 2.73 bits per heavy atom. The molecule has 2 N–H and O–H groups in total. The fraction of sp³-hybridized carbons (Fsp3) is 0.263. The highest BCUT2D eigenvalue weighted by Crippen LogP contribution is 2.25. The van der Waals surface area contributed by atoms with Gasteiger partial charge in [0.25, 0.3) is 0 Å². The Morgan fingerprint density at radius 2 is 2.08 bits per heavy atom. The summed E-state index contributed by atoms with van der Waals surface area (Å²) in [7, 11) is 1.57.